The fourth-order valence-electron chi connectivity index (χ4n) is 3.12. The van der Waals surface area contributed by atoms with E-state index in [0.29, 0.717) is 12.1 Å². The van der Waals surface area contributed by atoms with Gasteiger partial charge < -0.3 is 15.0 Å². The minimum absolute atomic E-state index is 0.140. The molecule has 1 N–H and O–H groups in total. The SMILES string of the molecule is CC1CCCC1NCCCN(C(=O)OC(C)(C)C)C1CC1. The lowest BCUT2D eigenvalue weighted by molar-refractivity contribution is 0.0231. The average molecular weight is 296 g/mol. The molecule has 21 heavy (non-hydrogen) atoms. The van der Waals surface area contributed by atoms with Crippen LogP contribution in [0, 0.1) is 5.92 Å². The third-order valence-corrected chi connectivity index (χ3v) is 4.46. The fourth-order valence-corrected chi connectivity index (χ4v) is 3.12. The number of hydrogen-bond acceptors (Lipinski definition) is 3. The molecule has 0 bridgehead atoms. The monoisotopic (exact) mass is 296 g/mol. The lowest BCUT2D eigenvalue weighted by Crippen LogP contribution is -2.40. The number of carbonyl (C=O) groups excluding carboxylic acids is 1. The first-order valence-electron chi connectivity index (χ1n) is 8.60. The van der Waals surface area contributed by atoms with Crippen LogP contribution in [0.25, 0.3) is 0 Å². The Bertz CT molecular complexity index is 347. The molecule has 0 heterocycles. The largest absolute Gasteiger partial charge is 0.444 e. The molecule has 0 radical (unpaired) electrons. The van der Waals surface area contributed by atoms with Gasteiger partial charge in [0.05, 0.1) is 0 Å². The summed E-state index contributed by atoms with van der Waals surface area (Å²) in [7, 11) is 0. The molecular weight excluding hydrogens is 264 g/mol. The summed E-state index contributed by atoms with van der Waals surface area (Å²) in [5, 5.41) is 3.65. The van der Waals surface area contributed by atoms with Crippen LogP contribution in [0.3, 0.4) is 0 Å². The summed E-state index contributed by atoms with van der Waals surface area (Å²) < 4.78 is 5.52. The van der Waals surface area contributed by atoms with E-state index in [9.17, 15) is 4.79 Å². The molecule has 0 aromatic rings. The fraction of sp³-hybridized carbons (Fsp3) is 0.941. The van der Waals surface area contributed by atoms with Crippen molar-refractivity contribution in [1.82, 2.24) is 10.2 Å². The second kappa shape index (κ2) is 6.99. The van der Waals surface area contributed by atoms with Gasteiger partial charge in [0.2, 0.25) is 0 Å². The van der Waals surface area contributed by atoms with Gasteiger partial charge in [0.1, 0.15) is 5.60 Å². The summed E-state index contributed by atoms with van der Waals surface area (Å²) in [6.07, 6.45) is 7.14. The van der Waals surface area contributed by atoms with Crippen LogP contribution in [0.5, 0.6) is 0 Å². The highest BCUT2D eigenvalue weighted by molar-refractivity contribution is 5.69. The van der Waals surface area contributed by atoms with Crippen LogP contribution in [-0.4, -0.2) is 41.8 Å². The predicted molar refractivity (Wildman–Crippen MR) is 85.4 cm³/mol. The predicted octanol–water partition coefficient (Wildman–Crippen LogP) is 3.55. The normalized spacial score (nSPS) is 25.9. The van der Waals surface area contributed by atoms with Crippen molar-refractivity contribution < 1.29 is 9.53 Å². The van der Waals surface area contributed by atoms with E-state index in [2.05, 4.69) is 12.2 Å². The highest BCUT2D eigenvalue weighted by Crippen LogP contribution is 2.28. The zero-order valence-corrected chi connectivity index (χ0v) is 14.2. The number of ether oxygens (including phenoxy) is 1. The van der Waals surface area contributed by atoms with Gasteiger partial charge in [-0.1, -0.05) is 13.3 Å². The number of hydrogen-bond donors (Lipinski definition) is 1. The van der Waals surface area contributed by atoms with Crippen LogP contribution >= 0.6 is 0 Å². The Morgan fingerprint density at radius 3 is 2.48 bits per heavy atom. The summed E-state index contributed by atoms with van der Waals surface area (Å²) >= 11 is 0. The Morgan fingerprint density at radius 2 is 1.95 bits per heavy atom. The molecule has 0 aliphatic heterocycles. The van der Waals surface area contributed by atoms with Gasteiger partial charge in [0.25, 0.3) is 0 Å². The summed E-state index contributed by atoms with van der Waals surface area (Å²) in [6, 6.07) is 1.10. The van der Waals surface area contributed by atoms with Gasteiger partial charge >= 0.3 is 6.09 Å². The minimum atomic E-state index is -0.401. The smallest absolute Gasteiger partial charge is 0.410 e. The van der Waals surface area contributed by atoms with E-state index in [1.165, 1.54) is 19.3 Å². The summed E-state index contributed by atoms with van der Waals surface area (Å²) in [5.41, 5.74) is -0.401. The molecule has 2 aliphatic carbocycles. The minimum Gasteiger partial charge on any atom is -0.444 e. The van der Waals surface area contributed by atoms with Crippen LogP contribution < -0.4 is 5.32 Å². The van der Waals surface area contributed by atoms with Crippen molar-refractivity contribution in [2.24, 2.45) is 5.92 Å². The Morgan fingerprint density at radius 1 is 1.24 bits per heavy atom. The molecule has 2 fully saturated rings. The van der Waals surface area contributed by atoms with Crippen molar-refractivity contribution in [1.29, 1.82) is 0 Å². The molecule has 2 unspecified atom stereocenters. The Hall–Kier alpha value is -0.770. The van der Waals surface area contributed by atoms with E-state index in [0.717, 1.165) is 38.3 Å². The topological polar surface area (TPSA) is 41.6 Å². The number of carbonyl (C=O) groups is 1. The second-order valence-electron chi connectivity index (χ2n) is 7.73. The summed E-state index contributed by atoms with van der Waals surface area (Å²) in [5.74, 6) is 0.801. The zero-order chi connectivity index (χ0) is 15.5. The van der Waals surface area contributed by atoms with Gasteiger partial charge in [-0.05, 0) is 65.3 Å². The Kier molecular flexibility index (Phi) is 5.53. The Balaban J connectivity index is 1.69. The van der Waals surface area contributed by atoms with E-state index in [1.54, 1.807) is 0 Å². The molecule has 0 aromatic carbocycles. The van der Waals surface area contributed by atoms with Crippen molar-refractivity contribution in [2.45, 2.75) is 83.9 Å². The second-order valence-corrected chi connectivity index (χ2v) is 7.73. The van der Waals surface area contributed by atoms with E-state index in [1.807, 2.05) is 25.7 Å². The first-order valence-corrected chi connectivity index (χ1v) is 8.60. The zero-order valence-electron chi connectivity index (χ0n) is 14.2. The van der Waals surface area contributed by atoms with Crippen molar-refractivity contribution >= 4 is 6.09 Å². The van der Waals surface area contributed by atoms with Crippen LogP contribution in [0.1, 0.15) is 66.2 Å². The molecule has 2 atom stereocenters. The maximum absolute atomic E-state index is 12.2. The molecule has 2 rings (SSSR count). The van der Waals surface area contributed by atoms with Crippen molar-refractivity contribution in [2.75, 3.05) is 13.1 Å². The molecule has 4 heteroatoms. The van der Waals surface area contributed by atoms with E-state index in [-0.39, 0.29) is 6.09 Å². The van der Waals surface area contributed by atoms with Crippen LogP contribution in [0.15, 0.2) is 0 Å². The first kappa shape index (κ1) is 16.6. The lowest BCUT2D eigenvalue weighted by atomic mass is 10.1. The molecule has 2 aliphatic rings. The molecule has 1 amide bonds. The summed E-state index contributed by atoms with van der Waals surface area (Å²) in [6.45, 7) is 9.94. The third kappa shape index (κ3) is 5.50. The molecular formula is C17H32N2O2. The average Bonchev–Trinajstić information content (AvgIpc) is 3.11. The van der Waals surface area contributed by atoms with E-state index in [4.69, 9.17) is 4.74 Å². The molecule has 2 saturated carbocycles. The maximum Gasteiger partial charge on any atom is 0.410 e. The Labute approximate surface area is 129 Å². The van der Waals surface area contributed by atoms with Crippen molar-refractivity contribution in [3.8, 4) is 0 Å². The number of nitrogens with one attached hydrogen (secondary N) is 1. The van der Waals surface area contributed by atoms with Gasteiger partial charge in [-0.2, -0.15) is 0 Å². The molecule has 0 aromatic heterocycles. The van der Waals surface area contributed by atoms with Gasteiger partial charge in [-0.25, -0.2) is 4.79 Å². The highest BCUT2D eigenvalue weighted by Gasteiger charge is 2.34. The van der Waals surface area contributed by atoms with Gasteiger partial charge in [-0.15, -0.1) is 0 Å². The summed E-state index contributed by atoms with van der Waals surface area (Å²) in [4.78, 5) is 14.2. The molecule has 4 nitrogen and oxygen atoms in total. The first-order chi connectivity index (χ1) is 9.87. The number of amides is 1. The van der Waals surface area contributed by atoms with Crippen LogP contribution in [0.2, 0.25) is 0 Å². The van der Waals surface area contributed by atoms with E-state index < -0.39 is 5.60 Å². The number of rotatable bonds is 6. The lowest BCUT2D eigenvalue weighted by Gasteiger charge is -2.27. The van der Waals surface area contributed by atoms with Crippen LogP contribution in [-0.2, 0) is 4.74 Å². The van der Waals surface area contributed by atoms with Crippen LogP contribution in [0.4, 0.5) is 4.79 Å². The van der Waals surface area contributed by atoms with Gasteiger partial charge in [0, 0.05) is 18.6 Å². The standard InChI is InChI=1S/C17H32N2O2/c1-13-7-5-8-15(13)18-11-6-12-19(14-9-10-14)16(20)21-17(2,3)4/h13-15,18H,5-12H2,1-4H3. The molecule has 0 spiro atoms. The maximum atomic E-state index is 12.2. The van der Waals surface area contributed by atoms with E-state index >= 15 is 0 Å². The highest BCUT2D eigenvalue weighted by atomic mass is 16.6. The number of nitrogens with zero attached hydrogens (tertiary/aromatic N) is 1. The van der Waals surface area contributed by atoms with Crippen molar-refractivity contribution in [3.63, 3.8) is 0 Å². The quantitative estimate of drug-likeness (QED) is 0.762. The molecule has 0 saturated heterocycles. The third-order valence-electron chi connectivity index (χ3n) is 4.46. The van der Waals surface area contributed by atoms with Gasteiger partial charge in [0.15, 0.2) is 0 Å². The molecule has 122 valence electrons. The van der Waals surface area contributed by atoms with Crippen molar-refractivity contribution in [3.05, 3.63) is 0 Å². The van der Waals surface area contributed by atoms with Gasteiger partial charge in [-0.3, -0.25) is 0 Å².